The van der Waals surface area contributed by atoms with Crippen molar-refractivity contribution in [1.29, 1.82) is 5.26 Å². The predicted octanol–water partition coefficient (Wildman–Crippen LogP) is 10.2. The van der Waals surface area contributed by atoms with Gasteiger partial charge in [0.1, 0.15) is 0 Å². The number of hydrogen-bond acceptors (Lipinski definition) is 1. The first-order chi connectivity index (χ1) is 19.8. The van der Waals surface area contributed by atoms with E-state index in [9.17, 15) is 5.26 Å². The van der Waals surface area contributed by atoms with Crippen LogP contribution in [0.25, 0.3) is 22.7 Å². The maximum absolute atomic E-state index is 9.58. The molecule has 196 valence electrons. The second-order valence-electron chi connectivity index (χ2n) is 10.6. The third kappa shape index (κ3) is 3.95. The molecule has 3 aliphatic carbocycles. The zero-order chi connectivity index (χ0) is 26.9. The molecule has 3 aliphatic rings. The minimum Gasteiger partial charge on any atom is -0.310 e. The Labute approximate surface area is 238 Å². The highest BCUT2D eigenvalue weighted by Crippen LogP contribution is 2.74. The lowest BCUT2D eigenvalue weighted by Crippen LogP contribution is -2.09. The van der Waals surface area contributed by atoms with E-state index in [0.29, 0.717) is 5.56 Å². The quantitative estimate of drug-likeness (QED) is 0.249. The van der Waals surface area contributed by atoms with Crippen molar-refractivity contribution in [3.05, 3.63) is 137 Å². The monoisotopic (exact) mass is 536 g/mol. The summed E-state index contributed by atoms with van der Waals surface area (Å²) in [6.45, 7) is 0. The van der Waals surface area contributed by atoms with Gasteiger partial charge in [-0.05, 0) is 110 Å². The van der Waals surface area contributed by atoms with Crippen LogP contribution in [0, 0.1) is 11.3 Å². The van der Waals surface area contributed by atoms with Crippen LogP contribution in [0.2, 0.25) is 0 Å². The molecule has 1 unspecified atom stereocenters. The fourth-order valence-electron chi connectivity index (χ4n) is 6.51. The van der Waals surface area contributed by atoms with Crippen molar-refractivity contribution < 1.29 is 0 Å². The average molecular weight is 537 g/mol. The minimum atomic E-state index is -1.77. The first-order valence-electron chi connectivity index (χ1n) is 14.3. The average Bonchev–Trinajstić information content (AvgIpc) is 3.37. The van der Waals surface area contributed by atoms with Crippen molar-refractivity contribution in [2.75, 3.05) is 0 Å². The third-order valence-corrected chi connectivity index (χ3v) is 12.4. The second kappa shape index (κ2) is 10.4. The molecule has 3 heteroatoms. The summed E-state index contributed by atoms with van der Waals surface area (Å²) < 4.78 is 2.50. The van der Waals surface area contributed by atoms with Crippen LogP contribution in [0.3, 0.4) is 0 Å². The zero-order valence-electron chi connectivity index (χ0n) is 22.6. The van der Waals surface area contributed by atoms with Crippen LogP contribution in [0.1, 0.15) is 48.9 Å². The molecule has 40 heavy (non-hydrogen) atoms. The smallest absolute Gasteiger partial charge is 0.0991 e. The minimum absolute atomic E-state index is 0.697. The Morgan fingerprint density at radius 3 is 2.25 bits per heavy atom. The molecular weight excluding hydrogens is 504 g/mol. The fraction of sp³-hybridized carbons (Fsp3) is 0.162. The standard InChI is InChI=1S/C37H32N2S/c38-27-28-20-22-32(23-21-28)40(30-14-6-2-7-15-30,31-16-8-3-9-17-31)33-24-25-35-34-18-10-11-19-36(34)39(37(35)26-33)29-12-4-1-5-13-29/h2-4,6-8,11-16,19-26H,1,5,9-10,17-18H2. The Balaban J connectivity index is 1.57. The largest absolute Gasteiger partial charge is 0.310 e. The van der Waals surface area contributed by atoms with Crippen molar-refractivity contribution in [2.45, 2.75) is 53.2 Å². The van der Waals surface area contributed by atoms with Gasteiger partial charge in [-0.3, -0.25) is 0 Å². The molecule has 0 saturated heterocycles. The maximum atomic E-state index is 9.58. The molecule has 0 bridgehead atoms. The van der Waals surface area contributed by atoms with E-state index >= 15 is 0 Å². The Hall–Kier alpha value is -4.26. The van der Waals surface area contributed by atoms with Gasteiger partial charge in [0.15, 0.2) is 0 Å². The van der Waals surface area contributed by atoms with Crippen molar-refractivity contribution in [1.82, 2.24) is 4.57 Å². The molecule has 0 fully saturated rings. The predicted molar refractivity (Wildman–Crippen MR) is 168 cm³/mol. The van der Waals surface area contributed by atoms with Crippen LogP contribution < -0.4 is 0 Å². The zero-order valence-corrected chi connectivity index (χ0v) is 23.4. The molecule has 3 aromatic carbocycles. The molecule has 0 amide bonds. The molecule has 0 spiro atoms. The lowest BCUT2D eigenvalue weighted by atomic mass is 10.0. The van der Waals surface area contributed by atoms with Crippen LogP contribution >= 0.6 is 10.0 Å². The van der Waals surface area contributed by atoms with Crippen LogP contribution in [0.15, 0.2) is 135 Å². The first kappa shape index (κ1) is 24.8. The van der Waals surface area contributed by atoms with Crippen LogP contribution in [-0.4, -0.2) is 4.57 Å². The van der Waals surface area contributed by atoms with E-state index in [0.717, 1.165) is 38.5 Å². The van der Waals surface area contributed by atoms with Gasteiger partial charge < -0.3 is 4.57 Å². The van der Waals surface area contributed by atoms with E-state index in [4.69, 9.17) is 0 Å². The summed E-state index contributed by atoms with van der Waals surface area (Å²) in [6, 6.07) is 29.0. The molecule has 7 rings (SSSR count). The molecule has 2 nitrogen and oxygen atoms in total. The topological polar surface area (TPSA) is 28.7 Å². The summed E-state index contributed by atoms with van der Waals surface area (Å²) in [6.07, 6.45) is 24.9. The first-order valence-corrected chi connectivity index (χ1v) is 15.9. The molecule has 1 atom stereocenters. The second-order valence-corrected chi connectivity index (χ2v) is 13.8. The Bertz CT molecular complexity index is 1790. The highest BCUT2D eigenvalue weighted by atomic mass is 32.3. The van der Waals surface area contributed by atoms with E-state index < -0.39 is 10.0 Å². The van der Waals surface area contributed by atoms with E-state index in [1.165, 1.54) is 47.4 Å². The third-order valence-electron chi connectivity index (χ3n) is 8.31. The van der Waals surface area contributed by atoms with Gasteiger partial charge in [0, 0.05) is 31.5 Å². The number of nitrogens with zero attached hydrogens (tertiary/aromatic N) is 2. The molecule has 0 aliphatic heterocycles. The summed E-state index contributed by atoms with van der Waals surface area (Å²) in [5.74, 6) is 0. The summed E-state index contributed by atoms with van der Waals surface area (Å²) >= 11 is 0. The van der Waals surface area contributed by atoms with Crippen molar-refractivity contribution in [3.63, 3.8) is 0 Å². The van der Waals surface area contributed by atoms with Crippen molar-refractivity contribution in [3.8, 4) is 6.07 Å². The number of rotatable bonds is 5. The Kier molecular flexibility index (Phi) is 6.42. The number of fused-ring (bicyclic) bond motifs is 3. The number of benzene rings is 3. The van der Waals surface area contributed by atoms with Crippen molar-refractivity contribution >= 4 is 32.7 Å². The summed E-state index contributed by atoms with van der Waals surface area (Å²) in [5, 5.41) is 10.9. The van der Waals surface area contributed by atoms with Gasteiger partial charge in [-0.15, -0.1) is 10.0 Å². The van der Waals surface area contributed by atoms with Gasteiger partial charge >= 0.3 is 0 Å². The van der Waals surface area contributed by atoms with Crippen LogP contribution in [0.4, 0.5) is 0 Å². The van der Waals surface area contributed by atoms with Crippen LogP contribution in [-0.2, 0) is 6.42 Å². The number of aryl methyl sites for hydroxylation is 1. The SMILES string of the molecule is N#Cc1ccc(S(C2=CC=CCC2)(c2ccccc2)c2ccc3c4c(n(C5=CCCC=C5)c3c2)C=CCC4)cc1. The molecular formula is C37H32N2S. The molecule has 0 saturated carbocycles. The van der Waals surface area contributed by atoms with Crippen LogP contribution in [0.5, 0.6) is 0 Å². The highest BCUT2D eigenvalue weighted by Gasteiger charge is 2.36. The summed E-state index contributed by atoms with van der Waals surface area (Å²) in [5.41, 5.74) is 6.06. The van der Waals surface area contributed by atoms with E-state index in [1.54, 1.807) is 0 Å². The molecule has 0 radical (unpaired) electrons. The summed E-state index contributed by atoms with van der Waals surface area (Å²) in [4.78, 5) is 5.42. The lowest BCUT2D eigenvalue weighted by Gasteiger charge is -2.44. The van der Waals surface area contributed by atoms with E-state index in [-0.39, 0.29) is 0 Å². The number of nitriles is 1. The number of allylic oxidation sites excluding steroid dienone is 9. The van der Waals surface area contributed by atoms with E-state index in [1.807, 2.05) is 12.1 Å². The molecule has 4 aromatic rings. The number of aromatic nitrogens is 1. The van der Waals surface area contributed by atoms with Gasteiger partial charge in [0.05, 0.1) is 17.1 Å². The van der Waals surface area contributed by atoms with Gasteiger partial charge in [-0.1, -0.05) is 60.7 Å². The molecule has 0 N–H and O–H groups in total. The normalized spacial score (nSPS) is 18.4. The maximum Gasteiger partial charge on any atom is 0.0991 e. The Morgan fingerprint density at radius 1 is 0.725 bits per heavy atom. The highest BCUT2D eigenvalue weighted by molar-refractivity contribution is 8.37. The van der Waals surface area contributed by atoms with Gasteiger partial charge in [-0.25, -0.2) is 0 Å². The van der Waals surface area contributed by atoms with Crippen molar-refractivity contribution in [2.24, 2.45) is 0 Å². The van der Waals surface area contributed by atoms with Gasteiger partial charge in [0.25, 0.3) is 0 Å². The molecule has 1 heterocycles. The van der Waals surface area contributed by atoms with Gasteiger partial charge in [-0.2, -0.15) is 5.26 Å². The van der Waals surface area contributed by atoms with Gasteiger partial charge in [0.2, 0.25) is 0 Å². The molecule has 1 aromatic heterocycles. The fourth-order valence-corrected chi connectivity index (χ4v) is 10.6. The summed E-state index contributed by atoms with van der Waals surface area (Å²) in [7, 11) is -1.77. The lowest BCUT2D eigenvalue weighted by molar-refractivity contribution is 0.963. The van der Waals surface area contributed by atoms with E-state index in [2.05, 4.69) is 120 Å². The Morgan fingerprint density at radius 2 is 1.50 bits per heavy atom. The number of hydrogen-bond donors (Lipinski definition) is 0.